The molecule has 1 amide bonds. The largest absolute Gasteiger partial charge is 0.364 e. The number of hydrogen-bond donors (Lipinski definition) is 0. The smallest absolute Gasteiger partial charge is 0.294 e. The predicted molar refractivity (Wildman–Crippen MR) is 88.9 cm³/mol. The molecule has 0 spiro atoms. The van der Waals surface area contributed by atoms with E-state index < -0.39 is 0 Å². The SMILES string of the molecule is O=C1N=c2ccccc2=C1N1CCN(Cc2ccccc2)CC1. The molecular weight excluding hydrogens is 286 g/mol. The number of hydrogen-bond acceptors (Lipinski definition) is 3. The van der Waals surface area contributed by atoms with E-state index in [0.717, 1.165) is 49.0 Å². The van der Waals surface area contributed by atoms with Gasteiger partial charge in [0.15, 0.2) is 0 Å². The van der Waals surface area contributed by atoms with Gasteiger partial charge in [-0.3, -0.25) is 9.69 Å². The number of benzene rings is 2. The summed E-state index contributed by atoms with van der Waals surface area (Å²) in [5.74, 6) is -0.0947. The Morgan fingerprint density at radius 2 is 1.57 bits per heavy atom. The van der Waals surface area contributed by atoms with Gasteiger partial charge in [-0.1, -0.05) is 48.5 Å². The van der Waals surface area contributed by atoms with Crippen LogP contribution in [0.4, 0.5) is 0 Å². The molecule has 1 fully saturated rings. The lowest BCUT2D eigenvalue weighted by Gasteiger charge is -2.36. The summed E-state index contributed by atoms with van der Waals surface area (Å²) in [6, 6.07) is 18.3. The Kier molecular flexibility index (Phi) is 3.67. The number of nitrogens with zero attached hydrogens (tertiary/aromatic N) is 3. The van der Waals surface area contributed by atoms with Crippen molar-refractivity contribution in [3.63, 3.8) is 0 Å². The van der Waals surface area contributed by atoms with Crippen LogP contribution in [0, 0.1) is 0 Å². The van der Waals surface area contributed by atoms with Crippen molar-refractivity contribution in [3.8, 4) is 0 Å². The molecule has 0 saturated carbocycles. The van der Waals surface area contributed by atoms with Crippen molar-refractivity contribution >= 4 is 11.6 Å². The van der Waals surface area contributed by atoms with Crippen molar-refractivity contribution in [2.45, 2.75) is 6.54 Å². The van der Waals surface area contributed by atoms with Crippen LogP contribution in [0.25, 0.3) is 5.70 Å². The lowest BCUT2D eigenvalue weighted by Crippen LogP contribution is -2.47. The van der Waals surface area contributed by atoms with Crippen LogP contribution in [0.3, 0.4) is 0 Å². The normalized spacial score (nSPS) is 18.0. The first-order valence-corrected chi connectivity index (χ1v) is 8.05. The fourth-order valence-electron chi connectivity index (χ4n) is 3.33. The Bertz CT molecular complexity index is 836. The van der Waals surface area contributed by atoms with Gasteiger partial charge >= 0.3 is 0 Å². The first-order valence-electron chi connectivity index (χ1n) is 8.05. The van der Waals surface area contributed by atoms with Crippen LogP contribution >= 0.6 is 0 Å². The summed E-state index contributed by atoms with van der Waals surface area (Å²) in [5, 5.41) is 1.79. The topological polar surface area (TPSA) is 35.9 Å². The molecule has 2 aromatic carbocycles. The molecule has 116 valence electrons. The minimum Gasteiger partial charge on any atom is -0.364 e. The van der Waals surface area contributed by atoms with Crippen LogP contribution < -0.4 is 10.6 Å². The highest BCUT2D eigenvalue weighted by molar-refractivity contribution is 6.14. The lowest BCUT2D eigenvalue weighted by atomic mass is 10.2. The first-order chi connectivity index (χ1) is 11.3. The molecule has 0 aromatic heterocycles. The number of amides is 1. The van der Waals surface area contributed by atoms with E-state index >= 15 is 0 Å². The number of rotatable bonds is 3. The number of carbonyl (C=O) groups excluding carboxylic acids is 1. The van der Waals surface area contributed by atoms with Gasteiger partial charge in [0, 0.05) is 37.9 Å². The van der Waals surface area contributed by atoms with E-state index in [-0.39, 0.29) is 5.91 Å². The van der Waals surface area contributed by atoms with Gasteiger partial charge in [-0.25, -0.2) is 4.99 Å². The molecule has 2 heterocycles. The third-order valence-corrected chi connectivity index (χ3v) is 4.52. The minimum atomic E-state index is -0.0947. The van der Waals surface area contributed by atoms with Gasteiger partial charge in [-0.05, 0) is 11.6 Å². The molecule has 1 saturated heterocycles. The molecule has 0 atom stereocenters. The van der Waals surface area contributed by atoms with Crippen LogP contribution in [0.2, 0.25) is 0 Å². The second-order valence-corrected chi connectivity index (χ2v) is 6.03. The molecule has 2 aromatic rings. The number of para-hydroxylation sites is 1. The number of piperazine rings is 1. The Balaban J connectivity index is 1.49. The zero-order chi connectivity index (χ0) is 15.6. The highest BCUT2D eigenvalue weighted by atomic mass is 16.1. The van der Waals surface area contributed by atoms with Gasteiger partial charge < -0.3 is 4.90 Å². The highest BCUT2D eigenvalue weighted by Gasteiger charge is 2.25. The number of fused-ring (bicyclic) bond motifs is 1. The zero-order valence-electron chi connectivity index (χ0n) is 13.0. The molecule has 0 N–H and O–H groups in total. The quantitative estimate of drug-likeness (QED) is 0.840. The summed E-state index contributed by atoms with van der Waals surface area (Å²) >= 11 is 0. The fraction of sp³-hybridized carbons (Fsp3) is 0.263. The van der Waals surface area contributed by atoms with E-state index in [0.29, 0.717) is 0 Å². The van der Waals surface area contributed by atoms with Crippen LogP contribution in [0.1, 0.15) is 5.56 Å². The maximum absolute atomic E-state index is 12.2. The molecule has 23 heavy (non-hydrogen) atoms. The van der Waals surface area contributed by atoms with Crippen LogP contribution in [0.5, 0.6) is 0 Å². The van der Waals surface area contributed by atoms with Gasteiger partial charge in [0.25, 0.3) is 5.91 Å². The second-order valence-electron chi connectivity index (χ2n) is 6.03. The Hall–Kier alpha value is -2.46. The third kappa shape index (κ3) is 2.78. The molecule has 0 aliphatic carbocycles. The second kappa shape index (κ2) is 5.97. The molecule has 2 aliphatic heterocycles. The van der Waals surface area contributed by atoms with Crippen molar-refractivity contribution < 1.29 is 4.79 Å². The molecule has 4 heteroatoms. The minimum absolute atomic E-state index is 0.0947. The average molecular weight is 305 g/mol. The van der Waals surface area contributed by atoms with Crippen molar-refractivity contribution in [1.29, 1.82) is 0 Å². The number of carbonyl (C=O) groups is 1. The van der Waals surface area contributed by atoms with E-state index in [4.69, 9.17) is 0 Å². The summed E-state index contributed by atoms with van der Waals surface area (Å²) in [4.78, 5) is 21.0. The van der Waals surface area contributed by atoms with E-state index in [9.17, 15) is 4.79 Å². The highest BCUT2D eigenvalue weighted by Crippen LogP contribution is 2.14. The van der Waals surface area contributed by atoms with Crippen LogP contribution in [-0.2, 0) is 11.3 Å². The molecule has 2 aliphatic rings. The van der Waals surface area contributed by atoms with Crippen molar-refractivity contribution in [3.05, 3.63) is 70.7 Å². The van der Waals surface area contributed by atoms with Crippen molar-refractivity contribution in [2.24, 2.45) is 4.99 Å². The van der Waals surface area contributed by atoms with Gasteiger partial charge in [0.1, 0.15) is 5.70 Å². The molecule has 0 radical (unpaired) electrons. The molecular formula is C19H19N3O. The molecule has 0 bridgehead atoms. The molecule has 4 rings (SSSR count). The van der Waals surface area contributed by atoms with Crippen molar-refractivity contribution in [1.82, 2.24) is 9.80 Å². The van der Waals surface area contributed by atoms with E-state index in [2.05, 4.69) is 39.1 Å². The van der Waals surface area contributed by atoms with Crippen molar-refractivity contribution in [2.75, 3.05) is 26.2 Å². The Labute approximate surface area is 135 Å². The predicted octanol–water partition coefficient (Wildman–Crippen LogP) is 0.772. The molecule has 0 unspecified atom stereocenters. The maximum Gasteiger partial charge on any atom is 0.294 e. The monoisotopic (exact) mass is 305 g/mol. The summed E-state index contributed by atoms with van der Waals surface area (Å²) in [7, 11) is 0. The Morgan fingerprint density at radius 1 is 0.870 bits per heavy atom. The van der Waals surface area contributed by atoms with Crippen LogP contribution in [-0.4, -0.2) is 41.9 Å². The summed E-state index contributed by atoms with van der Waals surface area (Å²) in [5.41, 5.74) is 2.12. The van der Waals surface area contributed by atoms with E-state index in [1.54, 1.807) is 0 Å². The average Bonchev–Trinajstić information content (AvgIpc) is 2.92. The van der Waals surface area contributed by atoms with Gasteiger partial charge in [0.05, 0.1) is 5.36 Å². The lowest BCUT2D eigenvalue weighted by molar-refractivity contribution is -0.113. The Morgan fingerprint density at radius 3 is 2.35 bits per heavy atom. The molecule has 4 nitrogen and oxygen atoms in total. The summed E-state index contributed by atoms with van der Waals surface area (Å²) in [6.45, 7) is 4.65. The van der Waals surface area contributed by atoms with E-state index in [1.807, 2.05) is 30.3 Å². The zero-order valence-corrected chi connectivity index (χ0v) is 13.0. The summed E-state index contributed by atoms with van der Waals surface area (Å²) in [6.07, 6.45) is 0. The van der Waals surface area contributed by atoms with Crippen LogP contribution in [0.15, 0.2) is 59.6 Å². The van der Waals surface area contributed by atoms with Gasteiger partial charge in [-0.15, -0.1) is 0 Å². The van der Waals surface area contributed by atoms with Gasteiger partial charge in [-0.2, -0.15) is 0 Å². The third-order valence-electron chi connectivity index (χ3n) is 4.52. The standard InChI is InChI=1S/C19H19N3O/c23-19-18(16-8-4-5-9-17(16)20-19)22-12-10-21(11-13-22)14-15-6-2-1-3-7-15/h1-9H,10-14H2. The maximum atomic E-state index is 12.2. The first kappa shape index (κ1) is 14.2. The summed E-state index contributed by atoms with van der Waals surface area (Å²) < 4.78 is 0. The van der Waals surface area contributed by atoms with E-state index in [1.165, 1.54) is 5.56 Å². The fourth-order valence-corrected chi connectivity index (χ4v) is 3.33. The van der Waals surface area contributed by atoms with Gasteiger partial charge in [0.2, 0.25) is 0 Å².